The third-order valence-corrected chi connectivity index (χ3v) is 5.63. The van der Waals surface area contributed by atoms with Crippen molar-refractivity contribution in [1.29, 1.82) is 0 Å². The normalized spacial score (nSPS) is 15.2. The summed E-state index contributed by atoms with van der Waals surface area (Å²) in [6.07, 6.45) is -0.0352. The molecule has 3 aromatic rings. The van der Waals surface area contributed by atoms with Crippen LogP contribution in [0.3, 0.4) is 0 Å². The molecule has 158 valence electrons. The van der Waals surface area contributed by atoms with Gasteiger partial charge in [0.2, 0.25) is 5.91 Å². The van der Waals surface area contributed by atoms with Crippen LogP contribution in [0.5, 0.6) is 0 Å². The van der Waals surface area contributed by atoms with E-state index in [9.17, 15) is 9.59 Å². The predicted molar refractivity (Wildman–Crippen MR) is 121 cm³/mol. The van der Waals surface area contributed by atoms with Crippen molar-refractivity contribution in [3.8, 4) is 0 Å². The van der Waals surface area contributed by atoms with Crippen molar-refractivity contribution in [2.75, 3.05) is 5.32 Å². The maximum Gasteiger partial charge on any atom is 0.411 e. The highest BCUT2D eigenvalue weighted by Gasteiger charge is 2.35. The predicted octanol–water partition coefficient (Wildman–Crippen LogP) is 5.01. The Labute approximate surface area is 182 Å². The van der Waals surface area contributed by atoms with Crippen LogP contribution in [0.25, 0.3) is 0 Å². The van der Waals surface area contributed by atoms with E-state index in [1.165, 1.54) is 4.90 Å². The van der Waals surface area contributed by atoms with E-state index in [0.717, 1.165) is 33.5 Å². The van der Waals surface area contributed by atoms with Gasteiger partial charge < -0.3 is 10.1 Å². The van der Waals surface area contributed by atoms with Crippen molar-refractivity contribution in [2.24, 2.45) is 0 Å². The van der Waals surface area contributed by atoms with Gasteiger partial charge in [0.25, 0.3) is 0 Å². The maximum atomic E-state index is 13.2. The molecule has 31 heavy (non-hydrogen) atoms. The minimum atomic E-state index is -0.640. The van der Waals surface area contributed by atoms with Crippen LogP contribution < -0.4 is 5.32 Å². The SMILES string of the molecule is Cc1ccc(NC(=O)[C@H]2Cc3ccccc3CN2C(=O)OCc2ccccc2)c(C)c1. The molecule has 3 aromatic carbocycles. The van der Waals surface area contributed by atoms with Crippen molar-refractivity contribution in [3.63, 3.8) is 0 Å². The number of hydrogen-bond donors (Lipinski definition) is 1. The first-order valence-corrected chi connectivity index (χ1v) is 10.4. The molecule has 1 heterocycles. The third kappa shape index (κ3) is 4.77. The number of hydrogen-bond acceptors (Lipinski definition) is 3. The number of benzene rings is 3. The van der Waals surface area contributed by atoms with Gasteiger partial charge in [0.15, 0.2) is 0 Å². The summed E-state index contributed by atoms with van der Waals surface area (Å²) in [4.78, 5) is 27.8. The van der Waals surface area contributed by atoms with Gasteiger partial charge in [-0.05, 0) is 42.2 Å². The average Bonchev–Trinajstić information content (AvgIpc) is 2.79. The van der Waals surface area contributed by atoms with Crippen molar-refractivity contribution < 1.29 is 14.3 Å². The Morgan fingerprint density at radius 2 is 1.68 bits per heavy atom. The van der Waals surface area contributed by atoms with Gasteiger partial charge in [0.1, 0.15) is 12.6 Å². The molecule has 0 saturated carbocycles. The molecular weight excluding hydrogens is 388 g/mol. The van der Waals surface area contributed by atoms with Crippen molar-refractivity contribution >= 4 is 17.7 Å². The lowest BCUT2D eigenvalue weighted by Gasteiger charge is -2.35. The number of nitrogens with one attached hydrogen (secondary N) is 1. The number of amides is 2. The summed E-state index contributed by atoms with van der Waals surface area (Å²) in [7, 11) is 0. The molecule has 5 heteroatoms. The molecule has 1 atom stereocenters. The number of aryl methyl sites for hydroxylation is 2. The number of carbonyl (C=O) groups excluding carboxylic acids is 2. The fourth-order valence-electron chi connectivity index (χ4n) is 3.92. The van der Waals surface area contributed by atoms with E-state index in [1.54, 1.807) is 0 Å². The molecule has 0 spiro atoms. The van der Waals surface area contributed by atoms with Gasteiger partial charge in [-0.15, -0.1) is 0 Å². The second-order valence-electron chi connectivity index (χ2n) is 7.96. The number of carbonyl (C=O) groups is 2. The minimum absolute atomic E-state index is 0.170. The minimum Gasteiger partial charge on any atom is -0.445 e. The van der Waals surface area contributed by atoms with Gasteiger partial charge in [-0.1, -0.05) is 72.3 Å². The van der Waals surface area contributed by atoms with Crippen LogP contribution in [0.4, 0.5) is 10.5 Å². The van der Waals surface area contributed by atoms with Gasteiger partial charge in [0.05, 0.1) is 6.54 Å². The lowest BCUT2D eigenvalue weighted by Crippen LogP contribution is -2.50. The highest BCUT2D eigenvalue weighted by atomic mass is 16.6. The topological polar surface area (TPSA) is 58.6 Å². The number of fused-ring (bicyclic) bond motifs is 1. The van der Waals surface area contributed by atoms with E-state index in [1.807, 2.05) is 86.6 Å². The maximum absolute atomic E-state index is 13.2. The molecular formula is C26H26N2O3. The Balaban J connectivity index is 1.54. The van der Waals surface area contributed by atoms with Gasteiger partial charge in [-0.2, -0.15) is 0 Å². The van der Waals surface area contributed by atoms with E-state index in [0.29, 0.717) is 13.0 Å². The molecule has 0 aromatic heterocycles. The number of nitrogens with zero attached hydrogens (tertiary/aromatic N) is 1. The first-order chi connectivity index (χ1) is 15.0. The summed E-state index contributed by atoms with van der Waals surface area (Å²) in [6.45, 7) is 4.49. The van der Waals surface area contributed by atoms with Crippen molar-refractivity contribution in [1.82, 2.24) is 4.90 Å². The van der Waals surface area contributed by atoms with Gasteiger partial charge in [-0.25, -0.2) is 4.79 Å². The Morgan fingerprint density at radius 3 is 2.42 bits per heavy atom. The molecule has 0 unspecified atom stereocenters. The zero-order valence-corrected chi connectivity index (χ0v) is 17.8. The molecule has 2 amide bonds. The van der Waals surface area contributed by atoms with E-state index in [2.05, 4.69) is 5.32 Å². The van der Waals surface area contributed by atoms with Crippen molar-refractivity contribution in [3.05, 3.63) is 101 Å². The summed E-state index contributed by atoms with van der Waals surface area (Å²) in [5.74, 6) is -0.210. The summed E-state index contributed by atoms with van der Waals surface area (Å²) >= 11 is 0. The van der Waals surface area contributed by atoms with E-state index >= 15 is 0 Å². The lowest BCUT2D eigenvalue weighted by molar-refractivity contribution is -0.121. The second-order valence-corrected chi connectivity index (χ2v) is 7.96. The molecule has 0 saturated heterocycles. The fourth-order valence-corrected chi connectivity index (χ4v) is 3.92. The molecule has 1 N–H and O–H groups in total. The van der Waals surface area contributed by atoms with E-state index < -0.39 is 12.1 Å². The molecule has 1 aliphatic rings. The fraction of sp³-hybridized carbons (Fsp3) is 0.231. The number of ether oxygens (including phenoxy) is 1. The van der Waals surface area contributed by atoms with Crippen LogP contribution >= 0.6 is 0 Å². The smallest absolute Gasteiger partial charge is 0.411 e. The Kier molecular flexibility index (Phi) is 6.03. The van der Waals surface area contributed by atoms with Crippen molar-refractivity contribution in [2.45, 2.75) is 39.5 Å². The standard InChI is InChI=1S/C26H26N2O3/c1-18-12-13-23(19(2)14-18)27-25(29)24-15-21-10-6-7-11-22(21)16-28(24)26(30)31-17-20-8-4-3-5-9-20/h3-14,24H,15-17H2,1-2H3,(H,27,29)/t24-/m1/s1. The molecule has 0 bridgehead atoms. The average molecular weight is 415 g/mol. The van der Waals surface area contributed by atoms with Crippen LogP contribution in [-0.4, -0.2) is 22.9 Å². The Morgan fingerprint density at radius 1 is 0.968 bits per heavy atom. The van der Waals surface area contributed by atoms with E-state index in [4.69, 9.17) is 4.74 Å². The number of rotatable bonds is 4. The summed E-state index contributed by atoms with van der Waals surface area (Å²) in [5, 5.41) is 3.01. The lowest BCUT2D eigenvalue weighted by atomic mass is 9.93. The Bertz CT molecular complexity index is 1090. The largest absolute Gasteiger partial charge is 0.445 e. The van der Waals surface area contributed by atoms with Crippen LogP contribution in [0.2, 0.25) is 0 Å². The summed E-state index contributed by atoms with van der Waals surface area (Å²) in [6, 6.07) is 22.7. The van der Waals surface area contributed by atoms with Crippen LogP contribution in [0.15, 0.2) is 72.8 Å². The van der Waals surface area contributed by atoms with Crippen LogP contribution in [0.1, 0.15) is 27.8 Å². The van der Waals surface area contributed by atoms with E-state index in [-0.39, 0.29) is 12.5 Å². The zero-order valence-electron chi connectivity index (χ0n) is 17.8. The monoisotopic (exact) mass is 414 g/mol. The molecule has 1 aliphatic heterocycles. The third-order valence-electron chi connectivity index (χ3n) is 5.63. The molecule has 0 aliphatic carbocycles. The van der Waals surface area contributed by atoms with Gasteiger partial charge in [-0.3, -0.25) is 9.69 Å². The molecule has 0 fully saturated rings. The highest BCUT2D eigenvalue weighted by Crippen LogP contribution is 2.26. The highest BCUT2D eigenvalue weighted by molar-refractivity contribution is 5.97. The summed E-state index contributed by atoms with van der Waals surface area (Å²) in [5.41, 5.74) is 5.90. The van der Waals surface area contributed by atoms with Crippen LogP contribution in [0, 0.1) is 13.8 Å². The molecule has 0 radical (unpaired) electrons. The first-order valence-electron chi connectivity index (χ1n) is 10.4. The zero-order chi connectivity index (χ0) is 21.8. The molecule has 4 rings (SSSR count). The van der Waals surface area contributed by atoms with Gasteiger partial charge in [0, 0.05) is 12.1 Å². The molecule has 5 nitrogen and oxygen atoms in total. The van der Waals surface area contributed by atoms with Gasteiger partial charge >= 0.3 is 6.09 Å². The van der Waals surface area contributed by atoms with Crippen LogP contribution in [-0.2, 0) is 29.1 Å². The number of anilines is 1. The Hall–Kier alpha value is -3.60. The summed E-state index contributed by atoms with van der Waals surface area (Å²) < 4.78 is 5.56. The second kappa shape index (κ2) is 9.04. The quantitative estimate of drug-likeness (QED) is 0.653. The first kappa shape index (κ1) is 20.7.